The SMILES string of the molecule is [2H]c1c([2H])c([2H])c(-c2cccc(-n3c4ccccc4c4ccc5c6ccccc6n(-c6nc(-c7ccccc7)nc(-c7ccccc7)n6)c5c43)c2-c2ccccc2)c([2H])c1[2H]. The summed E-state index contributed by atoms with van der Waals surface area (Å²) < 4.78 is 48.2. The molecule has 3 aromatic heterocycles. The normalized spacial score (nSPS) is 12.8. The Labute approximate surface area is 330 Å². The third-order valence-corrected chi connectivity index (χ3v) is 10.5. The van der Waals surface area contributed by atoms with Crippen molar-refractivity contribution < 1.29 is 6.85 Å². The summed E-state index contributed by atoms with van der Waals surface area (Å²) in [5, 5.41) is 4.04. The lowest BCUT2D eigenvalue weighted by Gasteiger charge is -2.19. The second-order valence-corrected chi connectivity index (χ2v) is 13.6. The quantitative estimate of drug-likeness (QED) is 0.172. The summed E-state index contributed by atoms with van der Waals surface area (Å²) in [5.74, 6) is 1.54. The standard InChI is InChI=1S/C51H33N5/c1-5-18-34(19-6-1)38-28-17-31-45(46(38)35-20-7-2-8-21-35)55-43-29-15-13-26-39(43)41-32-33-42-40-27-14-16-30-44(40)56(48(42)47(41)55)51-53-49(36-22-9-3-10-23-36)52-50(54-51)37-24-11-4-12-25-37/h1-33H/i1D,5D,6D,18D,19D. The first-order valence-electron chi connectivity index (χ1n) is 21.0. The van der Waals surface area contributed by atoms with Crippen LogP contribution in [0.1, 0.15) is 6.85 Å². The monoisotopic (exact) mass is 720 g/mol. The number of rotatable bonds is 6. The van der Waals surface area contributed by atoms with E-state index in [-0.39, 0.29) is 29.7 Å². The van der Waals surface area contributed by atoms with Crippen LogP contribution >= 0.6 is 0 Å². The molecule has 0 aliphatic carbocycles. The number of para-hydroxylation sites is 2. The molecule has 0 atom stereocenters. The van der Waals surface area contributed by atoms with Crippen molar-refractivity contribution in [2.45, 2.75) is 0 Å². The lowest BCUT2D eigenvalue weighted by atomic mass is 9.93. The second kappa shape index (κ2) is 13.0. The third kappa shape index (κ3) is 5.06. The number of benzene rings is 8. The van der Waals surface area contributed by atoms with Crippen LogP contribution in [0.3, 0.4) is 0 Å². The van der Waals surface area contributed by atoms with Gasteiger partial charge in [-0.3, -0.25) is 4.57 Å². The Morgan fingerprint density at radius 2 is 0.875 bits per heavy atom. The molecule has 8 aromatic carbocycles. The van der Waals surface area contributed by atoms with E-state index in [9.17, 15) is 0 Å². The first-order valence-corrected chi connectivity index (χ1v) is 18.5. The number of hydrogen-bond donors (Lipinski definition) is 0. The fourth-order valence-corrected chi connectivity index (χ4v) is 8.08. The van der Waals surface area contributed by atoms with Crippen LogP contribution in [0.2, 0.25) is 0 Å². The van der Waals surface area contributed by atoms with Crippen LogP contribution in [0.5, 0.6) is 0 Å². The van der Waals surface area contributed by atoms with Crippen molar-refractivity contribution >= 4 is 43.6 Å². The highest BCUT2D eigenvalue weighted by atomic mass is 15.2. The zero-order valence-electron chi connectivity index (χ0n) is 34.9. The van der Waals surface area contributed by atoms with Crippen molar-refractivity contribution in [2.24, 2.45) is 0 Å². The van der Waals surface area contributed by atoms with Gasteiger partial charge in [0.25, 0.3) is 0 Å². The van der Waals surface area contributed by atoms with Gasteiger partial charge < -0.3 is 4.57 Å². The molecule has 262 valence electrons. The zero-order valence-corrected chi connectivity index (χ0v) is 29.9. The molecule has 5 heteroatoms. The molecule has 56 heavy (non-hydrogen) atoms. The van der Waals surface area contributed by atoms with E-state index in [1.54, 1.807) is 0 Å². The fourth-order valence-electron chi connectivity index (χ4n) is 8.08. The van der Waals surface area contributed by atoms with Crippen LogP contribution in [0.25, 0.3) is 100 Å². The van der Waals surface area contributed by atoms with Gasteiger partial charge in [-0.25, -0.2) is 4.98 Å². The van der Waals surface area contributed by atoms with E-state index in [4.69, 9.17) is 21.8 Å². The smallest absolute Gasteiger partial charge is 0.238 e. The summed E-state index contributed by atoms with van der Waals surface area (Å²) in [5.41, 5.74) is 8.34. The highest BCUT2D eigenvalue weighted by molar-refractivity contribution is 6.24. The molecule has 11 aromatic rings. The highest BCUT2D eigenvalue weighted by Gasteiger charge is 2.25. The van der Waals surface area contributed by atoms with Crippen molar-refractivity contribution in [3.05, 3.63) is 200 Å². The average Bonchev–Trinajstić information content (AvgIpc) is 3.84. The molecule has 0 amide bonds. The zero-order chi connectivity index (χ0) is 41.4. The molecule has 0 saturated carbocycles. The summed E-state index contributed by atoms with van der Waals surface area (Å²) in [6.07, 6.45) is 0. The van der Waals surface area contributed by atoms with Crippen molar-refractivity contribution in [2.75, 3.05) is 0 Å². The van der Waals surface area contributed by atoms with Crippen LogP contribution in [0.15, 0.2) is 200 Å². The Hall–Kier alpha value is -7.63. The third-order valence-electron chi connectivity index (χ3n) is 10.5. The van der Waals surface area contributed by atoms with E-state index in [0.29, 0.717) is 23.2 Å². The van der Waals surface area contributed by atoms with E-state index in [1.165, 1.54) is 0 Å². The highest BCUT2D eigenvalue weighted by Crippen LogP contribution is 2.45. The van der Waals surface area contributed by atoms with Crippen LogP contribution in [-0.2, 0) is 0 Å². The number of nitrogens with zero attached hydrogens (tertiary/aromatic N) is 5. The van der Waals surface area contributed by atoms with Crippen molar-refractivity contribution in [1.82, 2.24) is 24.1 Å². The molecular weight excluding hydrogens is 683 g/mol. The first kappa shape index (κ1) is 27.0. The average molecular weight is 721 g/mol. The Morgan fingerprint density at radius 3 is 1.46 bits per heavy atom. The van der Waals surface area contributed by atoms with Gasteiger partial charge in [-0.05, 0) is 34.9 Å². The molecule has 0 aliphatic rings. The molecule has 0 saturated heterocycles. The topological polar surface area (TPSA) is 48.5 Å². The first-order chi connectivity index (χ1) is 29.9. The van der Waals surface area contributed by atoms with E-state index >= 15 is 0 Å². The molecule has 0 aliphatic heterocycles. The van der Waals surface area contributed by atoms with Gasteiger partial charge in [-0.15, -0.1) is 0 Å². The van der Waals surface area contributed by atoms with Crippen LogP contribution < -0.4 is 0 Å². The number of hydrogen-bond acceptors (Lipinski definition) is 3. The molecule has 3 heterocycles. The second-order valence-electron chi connectivity index (χ2n) is 13.6. The maximum atomic E-state index is 9.09. The molecule has 0 unspecified atom stereocenters. The van der Waals surface area contributed by atoms with E-state index in [2.05, 4.69) is 45.5 Å². The van der Waals surface area contributed by atoms with Crippen LogP contribution in [-0.4, -0.2) is 24.1 Å². The largest absolute Gasteiger partial charge is 0.307 e. The van der Waals surface area contributed by atoms with Crippen LogP contribution in [0.4, 0.5) is 0 Å². The Kier molecular flexibility index (Phi) is 6.29. The summed E-state index contributed by atoms with van der Waals surface area (Å²) in [4.78, 5) is 15.5. The van der Waals surface area contributed by atoms with Gasteiger partial charge >= 0.3 is 0 Å². The van der Waals surface area contributed by atoms with Crippen molar-refractivity contribution in [3.8, 4) is 56.7 Å². The number of aromatic nitrogens is 5. The maximum Gasteiger partial charge on any atom is 0.238 e. The molecule has 0 bridgehead atoms. The van der Waals surface area contributed by atoms with Gasteiger partial charge in [-0.1, -0.05) is 182 Å². The predicted octanol–water partition coefficient (Wildman–Crippen LogP) is 12.7. The Morgan fingerprint density at radius 1 is 0.375 bits per heavy atom. The van der Waals surface area contributed by atoms with Gasteiger partial charge in [0.2, 0.25) is 5.95 Å². The van der Waals surface area contributed by atoms with Gasteiger partial charge in [0.15, 0.2) is 11.6 Å². The van der Waals surface area contributed by atoms with E-state index < -0.39 is 6.04 Å². The predicted molar refractivity (Wildman–Crippen MR) is 230 cm³/mol. The minimum absolute atomic E-state index is 0.138. The molecule has 0 fully saturated rings. The minimum atomic E-state index is -0.432. The summed E-state index contributed by atoms with van der Waals surface area (Å²) in [6, 6.07) is 54.7. The summed E-state index contributed by atoms with van der Waals surface area (Å²) in [6.45, 7) is 0. The van der Waals surface area contributed by atoms with Gasteiger partial charge in [-0.2, -0.15) is 9.97 Å². The maximum absolute atomic E-state index is 9.09. The molecule has 0 N–H and O–H groups in total. The molecule has 11 rings (SSSR count). The lowest BCUT2D eigenvalue weighted by Crippen LogP contribution is -2.07. The fraction of sp³-hybridized carbons (Fsp3) is 0. The van der Waals surface area contributed by atoms with E-state index in [0.717, 1.165) is 71.6 Å². The minimum Gasteiger partial charge on any atom is -0.307 e. The van der Waals surface area contributed by atoms with Gasteiger partial charge in [0.05, 0.1) is 34.6 Å². The van der Waals surface area contributed by atoms with E-state index in [1.807, 2.05) is 133 Å². The Balaban J connectivity index is 1.32. The Bertz CT molecular complexity index is 3440. The van der Waals surface area contributed by atoms with Crippen molar-refractivity contribution in [3.63, 3.8) is 0 Å². The van der Waals surface area contributed by atoms with Crippen LogP contribution in [0, 0.1) is 0 Å². The van der Waals surface area contributed by atoms with Crippen molar-refractivity contribution in [1.29, 1.82) is 0 Å². The summed E-state index contributed by atoms with van der Waals surface area (Å²) in [7, 11) is 0. The molecule has 0 spiro atoms. The van der Waals surface area contributed by atoms with Gasteiger partial charge in [0, 0.05) is 38.2 Å². The lowest BCUT2D eigenvalue weighted by molar-refractivity contribution is 0.953. The summed E-state index contributed by atoms with van der Waals surface area (Å²) >= 11 is 0. The molecule has 0 radical (unpaired) electrons. The van der Waals surface area contributed by atoms with Gasteiger partial charge in [0.1, 0.15) is 0 Å². The number of fused-ring (bicyclic) bond motifs is 7. The molecular formula is C51H33N5. The molecule has 5 nitrogen and oxygen atoms in total.